The highest BCUT2D eigenvalue weighted by Gasteiger charge is 2.63. The molecule has 20 heavy (non-hydrogen) atoms. The molecule has 6 nitrogen and oxygen atoms in total. The number of carboxylic acids is 1. The third-order valence-corrected chi connectivity index (χ3v) is 4.61. The van der Waals surface area contributed by atoms with Gasteiger partial charge in [-0.15, -0.1) is 0 Å². The van der Waals surface area contributed by atoms with Crippen molar-refractivity contribution in [3.63, 3.8) is 0 Å². The maximum atomic E-state index is 12.5. The molecule has 0 aliphatic carbocycles. The Kier molecular flexibility index (Phi) is 3.08. The van der Waals surface area contributed by atoms with E-state index in [4.69, 9.17) is 4.74 Å². The van der Waals surface area contributed by atoms with Gasteiger partial charge in [0.1, 0.15) is 6.04 Å². The number of hydrogen-bond donors (Lipinski definition) is 1. The number of imide groups is 1. The molecule has 6 heteroatoms. The van der Waals surface area contributed by atoms with Crippen molar-refractivity contribution in [3.8, 4) is 0 Å². The Morgan fingerprint density at radius 3 is 2.15 bits per heavy atom. The van der Waals surface area contributed by atoms with Crippen LogP contribution in [-0.2, 0) is 19.1 Å². The lowest BCUT2D eigenvalue weighted by molar-refractivity contribution is -0.157. The summed E-state index contributed by atoms with van der Waals surface area (Å²) < 4.78 is 5.63. The van der Waals surface area contributed by atoms with E-state index in [1.165, 1.54) is 0 Å². The van der Waals surface area contributed by atoms with Gasteiger partial charge in [-0.3, -0.25) is 14.5 Å². The lowest BCUT2D eigenvalue weighted by Crippen LogP contribution is -2.47. The molecule has 0 radical (unpaired) electrons. The van der Waals surface area contributed by atoms with Gasteiger partial charge in [-0.1, -0.05) is 13.8 Å². The summed E-state index contributed by atoms with van der Waals surface area (Å²) in [7, 11) is 0. The number of carbonyl (C=O) groups excluding carboxylic acids is 2. The molecule has 0 spiro atoms. The molecular formula is C14H19NO5. The summed E-state index contributed by atoms with van der Waals surface area (Å²) in [6.07, 6.45) is 1.49. The van der Waals surface area contributed by atoms with Crippen molar-refractivity contribution in [2.24, 2.45) is 17.8 Å². The fraction of sp³-hybridized carbons (Fsp3) is 0.786. The van der Waals surface area contributed by atoms with Crippen LogP contribution in [0.5, 0.6) is 0 Å². The third kappa shape index (κ3) is 1.78. The van der Waals surface area contributed by atoms with Gasteiger partial charge in [0.25, 0.3) is 0 Å². The average Bonchev–Trinajstić information content (AvgIpc) is 3.01. The first kappa shape index (κ1) is 13.5. The first-order valence-electron chi connectivity index (χ1n) is 7.17. The van der Waals surface area contributed by atoms with Crippen LogP contribution in [0.25, 0.3) is 0 Å². The van der Waals surface area contributed by atoms with Crippen molar-refractivity contribution in [2.75, 3.05) is 0 Å². The zero-order chi connectivity index (χ0) is 14.6. The van der Waals surface area contributed by atoms with Crippen LogP contribution in [0.15, 0.2) is 0 Å². The average molecular weight is 281 g/mol. The summed E-state index contributed by atoms with van der Waals surface area (Å²) >= 11 is 0. The van der Waals surface area contributed by atoms with Crippen LogP contribution in [-0.4, -0.2) is 46.0 Å². The number of carbonyl (C=O) groups is 3. The molecular weight excluding hydrogens is 262 g/mol. The van der Waals surface area contributed by atoms with Crippen LogP contribution in [0, 0.1) is 17.8 Å². The Labute approximate surface area is 117 Å². The zero-order valence-electron chi connectivity index (χ0n) is 11.6. The Balaban J connectivity index is 1.89. The number of rotatable bonds is 4. The monoisotopic (exact) mass is 281 g/mol. The number of carboxylic acid groups (broad SMARTS) is 1. The van der Waals surface area contributed by atoms with Crippen LogP contribution in [0.1, 0.15) is 33.1 Å². The standard InChI is InChI=1S/C14H19NO5/c1-6(2)5-7(14(18)19)15-12(16)10-8-3-4-9(20-8)11(10)13(15)17/h6-11H,3-5H2,1-2H3,(H,18,19)/t7-,8+,9?,10?,11?/m1/s1. The van der Waals surface area contributed by atoms with Gasteiger partial charge in [0.2, 0.25) is 11.8 Å². The molecule has 3 saturated heterocycles. The summed E-state index contributed by atoms with van der Waals surface area (Å²) in [5.74, 6) is -2.59. The number of amides is 2. The minimum absolute atomic E-state index is 0.102. The minimum Gasteiger partial charge on any atom is -0.480 e. The molecule has 3 rings (SSSR count). The van der Waals surface area contributed by atoms with Crippen LogP contribution >= 0.6 is 0 Å². The SMILES string of the molecule is CC(C)C[C@H](C(=O)O)N1C(=O)C2C3CC[C@H](O3)C2C1=O. The van der Waals surface area contributed by atoms with Crippen molar-refractivity contribution in [2.45, 2.75) is 51.4 Å². The van der Waals surface area contributed by atoms with E-state index >= 15 is 0 Å². The molecule has 0 aromatic heterocycles. The lowest BCUT2D eigenvalue weighted by atomic mass is 9.81. The van der Waals surface area contributed by atoms with Crippen molar-refractivity contribution in [1.29, 1.82) is 0 Å². The van der Waals surface area contributed by atoms with Crippen molar-refractivity contribution in [1.82, 2.24) is 4.90 Å². The van der Waals surface area contributed by atoms with Gasteiger partial charge >= 0.3 is 5.97 Å². The molecule has 3 aliphatic heterocycles. The number of likely N-dealkylation sites (tertiary alicyclic amines) is 1. The lowest BCUT2D eigenvalue weighted by Gasteiger charge is -2.25. The Morgan fingerprint density at radius 2 is 1.75 bits per heavy atom. The van der Waals surface area contributed by atoms with E-state index in [1.54, 1.807) is 0 Å². The number of aliphatic carboxylic acids is 1. The Hall–Kier alpha value is -1.43. The first-order chi connectivity index (χ1) is 9.41. The normalized spacial score (nSPS) is 36.9. The topological polar surface area (TPSA) is 83.9 Å². The second-order valence-corrected chi connectivity index (χ2v) is 6.37. The number of nitrogens with zero attached hydrogens (tertiary/aromatic N) is 1. The molecule has 3 fully saturated rings. The molecule has 2 amide bonds. The first-order valence-corrected chi connectivity index (χ1v) is 7.17. The highest BCUT2D eigenvalue weighted by atomic mass is 16.5. The van der Waals surface area contributed by atoms with Gasteiger partial charge in [-0.05, 0) is 25.2 Å². The molecule has 5 atom stereocenters. The van der Waals surface area contributed by atoms with Gasteiger partial charge in [0.05, 0.1) is 24.0 Å². The molecule has 1 N–H and O–H groups in total. The van der Waals surface area contributed by atoms with E-state index in [0.717, 1.165) is 17.7 Å². The quantitative estimate of drug-likeness (QED) is 0.765. The van der Waals surface area contributed by atoms with Gasteiger partial charge in [0, 0.05) is 0 Å². The van der Waals surface area contributed by atoms with E-state index in [2.05, 4.69) is 0 Å². The molecule has 3 heterocycles. The highest BCUT2D eigenvalue weighted by Crippen LogP contribution is 2.49. The minimum atomic E-state index is -1.10. The zero-order valence-corrected chi connectivity index (χ0v) is 11.6. The van der Waals surface area contributed by atoms with E-state index in [-0.39, 0.29) is 29.9 Å². The van der Waals surface area contributed by atoms with Crippen LogP contribution < -0.4 is 0 Å². The smallest absolute Gasteiger partial charge is 0.326 e. The molecule has 3 aliphatic rings. The maximum absolute atomic E-state index is 12.5. The number of fused-ring (bicyclic) bond motifs is 5. The van der Waals surface area contributed by atoms with Crippen molar-refractivity contribution < 1.29 is 24.2 Å². The second-order valence-electron chi connectivity index (χ2n) is 6.37. The summed E-state index contributed by atoms with van der Waals surface area (Å²) in [5.41, 5.74) is 0. The van der Waals surface area contributed by atoms with Crippen LogP contribution in [0.2, 0.25) is 0 Å². The van der Waals surface area contributed by atoms with Gasteiger partial charge in [-0.2, -0.15) is 0 Å². The van der Waals surface area contributed by atoms with Crippen LogP contribution in [0.4, 0.5) is 0 Å². The predicted molar refractivity (Wildman–Crippen MR) is 67.6 cm³/mol. The van der Waals surface area contributed by atoms with Crippen molar-refractivity contribution >= 4 is 17.8 Å². The summed E-state index contributed by atoms with van der Waals surface area (Å²) in [4.78, 5) is 37.4. The number of ether oxygens (including phenoxy) is 1. The van der Waals surface area contributed by atoms with E-state index in [9.17, 15) is 19.5 Å². The number of hydrogen-bond acceptors (Lipinski definition) is 4. The molecule has 2 bridgehead atoms. The van der Waals surface area contributed by atoms with E-state index < -0.39 is 23.8 Å². The molecule has 110 valence electrons. The highest BCUT2D eigenvalue weighted by molar-refractivity contribution is 6.08. The largest absolute Gasteiger partial charge is 0.480 e. The predicted octanol–water partition coefficient (Wildman–Crippen LogP) is 0.648. The van der Waals surface area contributed by atoms with Gasteiger partial charge in [0.15, 0.2) is 0 Å². The van der Waals surface area contributed by atoms with Crippen molar-refractivity contribution in [3.05, 3.63) is 0 Å². The third-order valence-electron chi connectivity index (χ3n) is 4.61. The molecule has 0 aromatic rings. The molecule has 0 aromatic carbocycles. The summed E-state index contributed by atoms with van der Waals surface area (Å²) in [6, 6.07) is -1.04. The van der Waals surface area contributed by atoms with Gasteiger partial charge < -0.3 is 9.84 Å². The maximum Gasteiger partial charge on any atom is 0.326 e. The fourth-order valence-electron chi connectivity index (χ4n) is 3.81. The van der Waals surface area contributed by atoms with E-state index in [1.807, 2.05) is 13.8 Å². The second kappa shape index (κ2) is 4.55. The molecule has 3 unspecified atom stereocenters. The molecule has 0 saturated carbocycles. The van der Waals surface area contributed by atoms with Crippen LogP contribution in [0.3, 0.4) is 0 Å². The van der Waals surface area contributed by atoms with Gasteiger partial charge in [-0.25, -0.2) is 4.79 Å². The summed E-state index contributed by atoms with van der Waals surface area (Å²) in [5, 5.41) is 9.35. The Bertz CT molecular complexity index is 446. The fourth-order valence-corrected chi connectivity index (χ4v) is 3.81. The van der Waals surface area contributed by atoms with E-state index in [0.29, 0.717) is 6.42 Å². The Morgan fingerprint density at radius 1 is 1.25 bits per heavy atom. The summed E-state index contributed by atoms with van der Waals surface area (Å²) in [6.45, 7) is 3.77.